The van der Waals surface area contributed by atoms with E-state index >= 15 is 0 Å². The summed E-state index contributed by atoms with van der Waals surface area (Å²) < 4.78 is 11.9. The monoisotopic (exact) mass is 528 g/mol. The van der Waals surface area contributed by atoms with Gasteiger partial charge in [0.05, 0.1) is 0 Å². The molecule has 1 N–H and O–H groups in total. The molecule has 0 aromatic carbocycles. The Morgan fingerprint density at radius 3 is 2.29 bits per heavy atom. The number of esters is 1. The molecule has 0 amide bonds. The maximum atomic E-state index is 13.7. The van der Waals surface area contributed by atoms with Crippen LogP contribution >= 0.6 is 0 Å². The lowest BCUT2D eigenvalue weighted by Crippen LogP contribution is -2.70. The van der Waals surface area contributed by atoms with E-state index in [-0.39, 0.29) is 35.1 Å². The van der Waals surface area contributed by atoms with Gasteiger partial charge in [-0.2, -0.15) is 0 Å². The van der Waals surface area contributed by atoms with Crippen LogP contribution in [0.5, 0.6) is 0 Å². The number of ether oxygens (including phenoxy) is 2. The van der Waals surface area contributed by atoms with Gasteiger partial charge in [-0.05, 0) is 69.6 Å². The van der Waals surface area contributed by atoms with Crippen molar-refractivity contribution in [1.82, 2.24) is 0 Å². The molecular formula is C33H52O5. The highest BCUT2D eigenvalue weighted by Gasteiger charge is 2.93. The van der Waals surface area contributed by atoms with Gasteiger partial charge in [-0.25, -0.2) is 0 Å². The number of unbranched alkanes of at least 4 members (excludes halogenated alkanes) is 8. The van der Waals surface area contributed by atoms with Crippen molar-refractivity contribution in [1.29, 1.82) is 0 Å². The molecule has 0 bridgehead atoms. The van der Waals surface area contributed by atoms with E-state index in [1.807, 2.05) is 0 Å². The summed E-state index contributed by atoms with van der Waals surface area (Å²) >= 11 is 0. The maximum absolute atomic E-state index is 13.7. The fourth-order valence-corrected chi connectivity index (χ4v) is 8.07. The van der Waals surface area contributed by atoms with Gasteiger partial charge >= 0.3 is 5.97 Å². The lowest BCUT2D eigenvalue weighted by Gasteiger charge is -2.57. The number of epoxide rings is 1. The first-order valence-electron chi connectivity index (χ1n) is 15.5. The van der Waals surface area contributed by atoms with Crippen LogP contribution < -0.4 is 0 Å². The van der Waals surface area contributed by atoms with E-state index in [1.165, 1.54) is 38.5 Å². The van der Waals surface area contributed by atoms with E-state index in [9.17, 15) is 14.7 Å². The Kier molecular flexibility index (Phi) is 8.99. The van der Waals surface area contributed by atoms with Crippen LogP contribution in [0.15, 0.2) is 24.3 Å². The molecule has 38 heavy (non-hydrogen) atoms. The Morgan fingerprint density at radius 2 is 1.63 bits per heavy atom. The third-order valence-electron chi connectivity index (χ3n) is 10.3. The molecule has 5 nitrogen and oxygen atoms in total. The van der Waals surface area contributed by atoms with E-state index in [0.717, 1.165) is 51.4 Å². The number of allylic oxidation sites excluding steroid dienone is 4. The fraction of sp³-hybridized carbons (Fsp3) is 0.818. The first kappa shape index (κ1) is 29.5. The largest absolute Gasteiger partial charge is 0.462 e. The van der Waals surface area contributed by atoms with Gasteiger partial charge in [0, 0.05) is 17.8 Å². The summed E-state index contributed by atoms with van der Waals surface area (Å²) in [5.74, 6) is -0.571. The number of ketones is 1. The standard InChI is InChI=1S/C33H52O5/c1-5-6-7-8-9-10-11-12-13-14-15-16-17-18-19-20-27(34)37-25-32-28(35)31(36)24-29(2,3)23-26(31)30(4)21-22-33(30,32)38-32/h9-10,12-13,26,36H,5-8,11,14-25H2,1-4H3/b10-9-,13-12-/t26-,30-,31+,32+,33-/m1/s1. The molecule has 5 atom stereocenters. The van der Waals surface area contributed by atoms with Crippen LogP contribution in [0.25, 0.3) is 0 Å². The molecule has 1 heterocycles. The minimum absolute atomic E-state index is 0.0457. The molecule has 4 fully saturated rings. The highest BCUT2D eigenvalue weighted by molar-refractivity contribution is 6.01. The van der Waals surface area contributed by atoms with Crippen LogP contribution in [0, 0.1) is 16.7 Å². The number of rotatable bonds is 16. The Bertz CT molecular complexity index is 920. The van der Waals surface area contributed by atoms with Crippen molar-refractivity contribution in [2.45, 2.75) is 147 Å². The first-order valence-corrected chi connectivity index (χ1v) is 15.5. The van der Waals surface area contributed by atoms with Gasteiger partial charge in [-0.15, -0.1) is 0 Å². The predicted molar refractivity (Wildman–Crippen MR) is 151 cm³/mol. The number of carbonyl (C=O) groups is 2. The van der Waals surface area contributed by atoms with E-state index in [1.54, 1.807) is 0 Å². The second-order valence-corrected chi connectivity index (χ2v) is 13.7. The topological polar surface area (TPSA) is 76.1 Å². The third kappa shape index (κ3) is 5.31. The molecule has 4 rings (SSSR count). The molecule has 1 saturated heterocycles. The molecule has 0 aromatic heterocycles. The van der Waals surface area contributed by atoms with E-state index in [0.29, 0.717) is 12.8 Å². The van der Waals surface area contributed by atoms with Gasteiger partial charge in [0.15, 0.2) is 5.60 Å². The summed E-state index contributed by atoms with van der Waals surface area (Å²) in [7, 11) is 0. The van der Waals surface area contributed by atoms with Crippen LogP contribution in [0.1, 0.15) is 130 Å². The fourth-order valence-electron chi connectivity index (χ4n) is 8.07. The number of Topliss-reactive ketones (excluding diaryl/α,β-unsaturated/α-hetero) is 1. The number of hydrogen-bond donors (Lipinski definition) is 1. The van der Waals surface area contributed by atoms with Crippen LogP contribution in [0.3, 0.4) is 0 Å². The quantitative estimate of drug-likeness (QED) is 0.0977. The molecule has 0 unspecified atom stereocenters. The zero-order valence-corrected chi connectivity index (χ0v) is 24.5. The average Bonchev–Trinajstić information content (AvgIpc) is 3.52. The van der Waals surface area contributed by atoms with Crippen molar-refractivity contribution >= 4 is 11.8 Å². The predicted octanol–water partition coefficient (Wildman–Crippen LogP) is 7.40. The number of fused-ring (bicyclic) bond motifs is 2. The number of aliphatic hydroxyl groups is 1. The molecular weight excluding hydrogens is 476 g/mol. The van der Waals surface area contributed by atoms with E-state index in [2.05, 4.69) is 52.0 Å². The molecule has 3 aliphatic carbocycles. The molecule has 0 aromatic rings. The summed E-state index contributed by atoms with van der Waals surface area (Å²) in [6, 6.07) is 0. The van der Waals surface area contributed by atoms with Gasteiger partial charge in [-0.1, -0.05) is 84.1 Å². The summed E-state index contributed by atoms with van der Waals surface area (Å²) in [4.78, 5) is 26.2. The van der Waals surface area contributed by atoms with E-state index in [4.69, 9.17) is 9.47 Å². The van der Waals surface area contributed by atoms with Crippen LogP contribution in [0.2, 0.25) is 0 Å². The summed E-state index contributed by atoms with van der Waals surface area (Å²) in [6.07, 6.45) is 25.1. The molecule has 1 aliphatic heterocycles. The summed E-state index contributed by atoms with van der Waals surface area (Å²) in [5.41, 5.74) is -3.36. The van der Waals surface area contributed by atoms with Gasteiger partial charge < -0.3 is 14.6 Å². The number of carbonyl (C=O) groups excluding carboxylic acids is 2. The van der Waals surface area contributed by atoms with Crippen molar-refractivity contribution in [3.63, 3.8) is 0 Å². The van der Waals surface area contributed by atoms with Crippen LogP contribution in [0.4, 0.5) is 0 Å². The highest BCUT2D eigenvalue weighted by atomic mass is 16.7. The lowest BCUT2D eigenvalue weighted by atomic mass is 9.43. The van der Waals surface area contributed by atoms with Gasteiger partial charge in [0.1, 0.15) is 17.8 Å². The molecule has 5 heteroatoms. The number of hydrogen-bond acceptors (Lipinski definition) is 5. The third-order valence-corrected chi connectivity index (χ3v) is 10.3. The second-order valence-electron chi connectivity index (χ2n) is 13.7. The van der Waals surface area contributed by atoms with Gasteiger partial charge in [0.2, 0.25) is 5.78 Å². The maximum Gasteiger partial charge on any atom is 0.305 e. The van der Waals surface area contributed by atoms with Gasteiger partial charge in [-0.3, -0.25) is 9.59 Å². The van der Waals surface area contributed by atoms with Crippen molar-refractivity contribution in [2.75, 3.05) is 6.61 Å². The van der Waals surface area contributed by atoms with E-state index < -0.39 is 16.8 Å². The zero-order chi connectivity index (χ0) is 27.5. The van der Waals surface area contributed by atoms with Crippen molar-refractivity contribution in [3.8, 4) is 0 Å². The van der Waals surface area contributed by atoms with Gasteiger partial charge in [0.25, 0.3) is 0 Å². The second kappa shape index (κ2) is 11.6. The Hall–Kier alpha value is -1.46. The Balaban J connectivity index is 1.10. The Morgan fingerprint density at radius 1 is 0.974 bits per heavy atom. The zero-order valence-electron chi connectivity index (χ0n) is 24.5. The van der Waals surface area contributed by atoms with Crippen molar-refractivity contribution < 1.29 is 24.2 Å². The van der Waals surface area contributed by atoms with Crippen molar-refractivity contribution in [3.05, 3.63) is 24.3 Å². The molecule has 1 spiro atoms. The average molecular weight is 529 g/mol. The molecule has 0 radical (unpaired) electrons. The summed E-state index contributed by atoms with van der Waals surface area (Å²) in [5, 5.41) is 11.6. The Labute approximate surface area is 230 Å². The minimum atomic E-state index is -1.37. The van der Waals surface area contributed by atoms with Crippen molar-refractivity contribution in [2.24, 2.45) is 16.7 Å². The molecule has 3 saturated carbocycles. The first-order chi connectivity index (χ1) is 18.1. The minimum Gasteiger partial charge on any atom is -0.462 e. The van der Waals surface area contributed by atoms with Crippen LogP contribution in [-0.4, -0.2) is 40.3 Å². The highest BCUT2D eigenvalue weighted by Crippen LogP contribution is 2.80. The normalized spacial score (nSPS) is 36.7. The SMILES string of the molecule is CCCCC/C=C\C/C=C\CCCCCCCC(=O)OC[C@@]12O[C@@]13CC[C@]3(C)[C@H]1CC(C)(C)C[C@@]1(O)C2=O. The summed E-state index contributed by atoms with van der Waals surface area (Å²) in [6.45, 7) is 8.63. The van der Waals surface area contributed by atoms with Crippen LogP contribution in [-0.2, 0) is 19.1 Å². The lowest BCUT2D eigenvalue weighted by molar-refractivity contribution is -0.176. The smallest absolute Gasteiger partial charge is 0.305 e. The molecule has 4 aliphatic rings. The molecule has 214 valence electrons.